The van der Waals surface area contributed by atoms with Gasteiger partial charge in [0.25, 0.3) is 0 Å². The Morgan fingerprint density at radius 1 is 1.12 bits per heavy atom. The monoisotopic (exact) mass is 476 g/mol. The second-order valence-corrected chi connectivity index (χ2v) is 15.1. The molecule has 0 radical (unpaired) electrons. The van der Waals surface area contributed by atoms with Crippen molar-refractivity contribution in [3.8, 4) is 17.6 Å². The van der Waals surface area contributed by atoms with Crippen LogP contribution in [-0.4, -0.2) is 50.7 Å². The summed E-state index contributed by atoms with van der Waals surface area (Å²) >= 11 is 0. The molecule has 0 aliphatic carbocycles. The summed E-state index contributed by atoms with van der Waals surface area (Å²) in [5, 5.41) is 16.1. The van der Waals surface area contributed by atoms with Crippen molar-refractivity contribution in [2.75, 3.05) is 13.7 Å². The zero-order valence-electron chi connectivity index (χ0n) is 21.5. The van der Waals surface area contributed by atoms with Crippen molar-refractivity contribution in [1.29, 1.82) is 0 Å². The van der Waals surface area contributed by atoms with Crippen molar-refractivity contribution >= 4 is 20.1 Å². The molecule has 1 amide bonds. The summed E-state index contributed by atoms with van der Waals surface area (Å²) in [5.41, 5.74) is 0.274. The molecule has 0 saturated carbocycles. The SMILES string of the molecule is COc1ccc(C(=NO)[C@H](CC#CCCO[Si](C)(C)C(C)(C)C)NC(=O)OC(C)(C)C)cc1. The number of amides is 1. The number of carbonyl (C=O) groups excluding carboxylic acids is 1. The molecule has 1 aromatic rings. The van der Waals surface area contributed by atoms with Crippen LogP contribution in [0.4, 0.5) is 4.79 Å². The number of carbonyl (C=O) groups is 1. The molecule has 184 valence electrons. The first-order chi connectivity index (χ1) is 15.2. The second kappa shape index (κ2) is 12.1. The van der Waals surface area contributed by atoms with Gasteiger partial charge in [0.2, 0.25) is 0 Å². The first-order valence-electron chi connectivity index (χ1n) is 11.2. The highest BCUT2D eigenvalue weighted by Crippen LogP contribution is 2.36. The van der Waals surface area contributed by atoms with E-state index in [0.29, 0.717) is 24.3 Å². The van der Waals surface area contributed by atoms with Gasteiger partial charge in [-0.1, -0.05) is 25.9 Å². The quantitative estimate of drug-likeness (QED) is 0.128. The fourth-order valence-corrected chi connectivity index (χ4v) is 3.64. The molecule has 0 unspecified atom stereocenters. The van der Waals surface area contributed by atoms with Crippen molar-refractivity contribution in [3.63, 3.8) is 0 Å². The molecule has 1 atom stereocenters. The summed E-state index contributed by atoms with van der Waals surface area (Å²) in [4.78, 5) is 12.4. The maximum absolute atomic E-state index is 12.4. The van der Waals surface area contributed by atoms with Crippen molar-refractivity contribution in [3.05, 3.63) is 29.8 Å². The van der Waals surface area contributed by atoms with E-state index in [2.05, 4.69) is 56.2 Å². The number of methoxy groups -OCH3 is 1. The van der Waals surface area contributed by atoms with Crippen LogP contribution in [0.25, 0.3) is 0 Å². The fourth-order valence-electron chi connectivity index (χ4n) is 2.59. The van der Waals surface area contributed by atoms with Gasteiger partial charge in [-0.05, 0) is 63.2 Å². The van der Waals surface area contributed by atoms with Crippen LogP contribution in [0.1, 0.15) is 59.9 Å². The molecule has 0 heterocycles. The summed E-state index contributed by atoms with van der Waals surface area (Å²) in [6.45, 7) is 16.9. The van der Waals surface area contributed by atoms with E-state index >= 15 is 0 Å². The van der Waals surface area contributed by atoms with Crippen molar-refractivity contribution in [2.45, 2.75) is 84.2 Å². The van der Waals surface area contributed by atoms with E-state index in [9.17, 15) is 10.0 Å². The Hall–Kier alpha value is -2.50. The lowest BCUT2D eigenvalue weighted by molar-refractivity contribution is 0.0518. The van der Waals surface area contributed by atoms with Crippen LogP contribution >= 0.6 is 0 Å². The number of hydrogen-bond acceptors (Lipinski definition) is 6. The zero-order valence-corrected chi connectivity index (χ0v) is 22.5. The highest BCUT2D eigenvalue weighted by molar-refractivity contribution is 6.74. The van der Waals surface area contributed by atoms with Crippen LogP contribution in [0, 0.1) is 11.8 Å². The lowest BCUT2D eigenvalue weighted by Gasteiger charge is -2.35. The van der Waals surface area contributed by atoms with Gasteiger partial charge in [-0.2, -0.15) is 0 Å². The van der Waals surface area contributed by atoms with E-state index in [1.807, 2.05) is 0 Å². The second-order valence-electron chi connectivity index (χ2n) is 10.3. The first-order valence-corrected chi connectivity index (χ1v) is 14.1. The Labute approximate surface area is 200 Å². The van der Waals surface area contributed by atoms with Crippen molar-refractivity contribution < 1.29 is 23.9 Å². The predicted molar refractivity (Wildman–Crippen MR) is 135 cm³/mol. The van der Waals surface area contributed by atoms with E-state index in [4.69, 9.17) is 13.9 Å². The van der Waals surface area contributed by atoms with Gasteiger partial charge in [0, 0.05) is 25.0 Å². The van der Waals surface area contributed by atoms with Gasteiger partial charge < -0.3 is 24.4 Å². The highest BCUT2D eigenvalue weighted by Gasteiger charge is 2.36. The molecule has 0 spiro atoms. The number of hydrogen-bond donors (Lipinski definition) is 2. The lowest BCUT2D eigenvalue weighted by Crippen LogP contribution is -2.43. The topological polar surface area (TPSA) is 89.4 Å². The van der Waals surface area contributed by atoms with Crippen LogP contribution in [0.2, 0.25) is 18.1 Å². The Bertz CT molecular complexity index is 856. The van der Waals surface area contributed by atoms with Gasteiger partial charge in [-0.25, -0.2) is 4.79 Å². The maximum Gasteiger partial charge on any atom is 0.408 e. The fraction of sp³-hybridized carbons (Fsp3) is 0.600. The van der Waals surface area contributed by atoms with E-state index in [0.717, 1.165) is 0 Å². The zero-order chi connectivity index (χ0) is 25.3. The largest absolute Gasteiger partial charge is 0.497 e. The third-order valence-corrected chi connectivity index (χ3v) is 9.98. The summed E-state index contributed by atoms with van der Waals surface area (Å²) in [5.74, 6) is 6.87. The minimum absolute atomic E-state index is 0.147. The smallest absolute Gasteiger partial charge is 0.408 e. The molecule has 1 rings (SSSR count). The van der Waals surface area contributed by atoms with Gasteiger partial charge in [-0.15, -0.1) is 11.8 Å². The van der Waals surface area contributed by atoms with Gasteiger partial charge in [0.1, 0.15) is 17.1 Å². The molecule has 33 heavy (non-hydrogen) atoms. The number of alkyl carbamates (subject to hydrolysis) is 1. The Morgan fingerprint density at radius 2 is 1.73 bits per heavy atom. The molecule has 0 fully saturated rings. The highest BCUT2D eigenvalue weighted by atomic mass is 28.4. The molecule has 0 bridgehead atoms. The van der Waals surface area contributed by atoms with Crippen LogP contribution in [0.5, 0.6) is 5.75 Å². The van der Waals surface area contributed by atoms with E-state index in [-0.39, 0.29) is 17.2 Å². The Balaban J connectivity index is 2.93. The Kier molecular flexibility index (Phi) is 10.5. The lowest BCUT2D eigenvalue weighted by atomic mass is 10.0. The summed E-state index contributed by atoms with van der Waals surface area (Å²) in [6.07, 6.45) is 0.232. The number of ether oxygens (including phenoxy) is 2. The molecular formula is C25H40N2O5Si. The molecule has 0 aliphatic rings. The first kappa shape index (κ1) is 28.5. The predicted octanol–water partition coefficient (Wildman–Crippen LogP) is 5.57. The van der Waals surface area contributed by atoms with Gasteiger partial charge in [-0.3, -0.25) is 0 Å². The molecular weight excluding hydrogens is 436 g/mol. The molecule has 1 aromatic carbocycles. The molecule has 7 nitrogen and oxygen atoms in total. The summed E-state index contributed by atoms with van der Waals surface area (Å²) < 4.78 is 16.7. The number of nitrogens with zero attached hydrogens (tertiary/aromatic N) is 1. The average molecular weight is 477 g/mol. The average Bonchev–Trinajstić information content (AvgIpc) is 2.69. The Morgan fingerprint density at radius 3 is 2.21 bits per heavy atom. The van der Waals surface area contributed by atoms with Crippen molar-refractivity contribution in [1.82, 2.24) is 5.32 Å². The summed E-state index contributed by atoms with van der Waals surface area (Å²) in [7, 11) is -0.234. The molecule has 0 saturated heterocycles. The number of rotatable bonds is 8. The van der Waals surface area contributed by atoms with Gasteiger partial charge >= 0.3 is 6.09 Å². The molecule has 0 aliphatic heterocycles. The standard InChI is InChI=1S/C25H40N2O5Si/c1-24(2,3)32-23(28)26-21(22(27-29)19-14-16-20(30-7)17-15-19)13-11-10-12-18-31-33(8,9)25(4,5)6/h14-17,21,29H,12-13,18H2,1-9H3,(H,26,28)/t21-/m0/s1. The maximum atomic E-state index is 12.4. The normalized spacial score (nSPS) is 13.5. The van der Waals surface area contributed by atoms with E-state index in [1.165, 1.54) is 0 Å². The minimum atomic E-state index is -1.81. The van der Waals surface area contributed by atoms with Crippen LogP contribution in [0.3, 0.4) is 0 Å². The minimum Gasteiger partial charge on any atom is -0.497 e. The molecule has 8 heteroatoms. The third kappa shape index (κ3) is 9.89. The van der Waals surface area contributed by atoms with Crippen molar-refractivity contribution in [2.24, 2.45) is 5.16 Å². The van der Waals surface area contributed by atoms with Gasteiger partial charge in [0.15, 0.2) is 8.32 Å². The number of oxime groups is 1. The molecule has 2 N–H and O–H groups in total. The van der Waals surface area contributed by atoms with Crippen LogP contribution in [-0.2, 0) is 9.16 Å². The van der Waals surface area contributed by atoms with Crippen LogP contribution < -0.4 is 10.1 Å². The number of nitrogens with one attached hydrogen (secondary N) is 1. The molecule has 0 aromatic heterocycles. The van der Waals surface area contributed by atoms with Gasteiger partial charge in [0.05, 0.1) is 13.2 Å². The van der Waals surface area contributed by atoms with E-state index in [1.54, 1.807) is 52.1 Å². The summed E-state index contributed by atoms with van der Waals surface area (Å²) in [6, 6.07) is 6.38. The number of benzene rings is 1. The van der Waals surface area contributed by atoms with E-state index < -0.39 is 26.1 Å². The third-order valence-electron chi connectivity index (χ3n) is 5.44. The van der Waals surface area contributed by atoms with Crippen LogP contribution in [0.15, 0.2) is 29.4 Å².